The van der Waals surface area contributed by atoms with E-state index in [2.05, 4.69) is 15.3 Å². The second kappa shape index (κ2) is 9.51. The Morgan fingerprint density at radius 3 is 2.30 bits per heavy atom. The molecule has 1 aromatic heterocycles. The second-order valence-corrected chi connectivity index (χ2v) is 8.75. The average Bonchev–Trinajstić information content (AvgIpc) is 2.74. The molecule has 174 valence electrons. The summed E-state index contributed by atoms with van der Waals surface area (Å²) in [5, 5.41) is 3.15. The Balaban J connectivity index is 2.11. The Morgan fingerprint density at radius 2 is 1.73 bits per heavy atom. The van der Waals surface area contributed by atoms with Gasteiger partial charge in [0, 0.05) is 11.3 Å². The van der Waals surface area contributed by atoms with Gasteiger partial charge in [0.15, 0.2) is 5.82 Å². The highest BCUT2D eigenvalue weighted by Crippen LogP contribution is 2.34. The maximum Gasteiger partial charge on any atom is 0.416 e. The highest BCUT2D eigenvalue weighted by Gasteiger charge is 2.32. The van der Waals surface area contributed by atoms with Gasteiger partial charge in [-0.05, 0) is 67.5 Å². The predicted octanol–water partition coefficient (Wildman–Crippen LogP) is 7.02. The summed E-state index contributed by atoms with van der Waals surface area (Å²) < 4.78 is 53.5. The summed E-state index contributed by atoms with van der Waals surface area (Å²) in [4.78, 5) is 21.9. The monoisotopic (exact) mass is 477 g/mol. The van der Waals surface area contributed by atoms with E-state index in [-0.39, 0.29) is 22.9 Å². The first-order chi connectivity index (χ1) is 15.4. The van der Waals surface area contributed by atoms with Crippen molar-refractivity contribution in [3.8, 4) is 11.4 Å². The van der Waals surface area contributed by atoms with Crippen LogP contribution in [0.1, 0.15) is 52.5 Å². The lowest BCUT2D eigenvalue weighted by atomic mass is 10.0. The third-order valence-corrected chi connectivity index (χ3v) is 5.80. The van der Waals surface area contributed by atoms with Crippen LogP contribution in [-0.2, 0) is 6.18 Å². The van der Waals surface area contributed by atoms with Crippen molar-refractivity contribution in [1.82, 2.24) is 9.97 Å². The zero-order valence-electron chi connectivity index (χ0n) is 18.8. The highest BCUT2D eigenvalue weighted by molar-refractivity contribution is 7.98. The number of alkyl halides is 3. The van der Waals surface area contributed by atoms with Crippen molar-refractivity contribution in [2.24, 2.45) is 0 Å². The molecule has 3 rings (SSSR count). The van der Waals surface area contributed by atoms with E-state index in [1.165, 1.54) is 11.8 Å². The number of halogens is 4. The lowest BCUT2D eigenvalue weighted by molar-refractivity contribution is -0.137. The minimum atomic E-state index is -4.72. The molecule has 0 aliphatic carbocycles. The Labute approximate surface area is 193 Å². The molecule has 33 heavy (non-hydrogen) atoms. The van der Waals surface area contributed by atoms with E-state index in [0.717, 1.165) is 23.3 Å². The second-order valence-electron chi connectivity index (χ2n) is 7.95. The molecule has 1 N–H and O–H groups in total. The summed E-state index contributed by atoms with van der Waals surface area (Å²) >= 11 is 1.17. The van der Waals surface area contributed by atoms with Gasteiger partial charge in [-0.25, -0.2) is 14.4 Å². The highest BCUT2D eigenvalue weighted by atomic mass is 32.2. The van der Waals surface area contributed by atoms with Crippen LogP contribution in [0.4, 0.5) is 23.2 Å². The number of rotatable bonds is 5. The molecule has 1 heterocycles. The number of anilines is 1. The number of thioether (sulfide) groups is 1. The van der Waals surface area contributed by atoms with Crippen molar-refractivity contribution in [3.05, 3.63) is 70.2 Å². The molecular weight excluding hydrogens is 454 g/mol. The van der Waals surface area contributed by atoms with Gasteiger partial charge in [-0.3, -0.25) is 4.79 Å². The number of aromatic nitrogens is 2. The third-order valence-electron chi connectivity index (χ3n) is 5.12. The number of hydrogen-bond acceptors (Lipinski definition) is 4. The van der Waals surface area contributed by atoms with E-state index in [0.29, 0.717) is 22.5 Å². The number of benzene rings is 2. The molecule has 0 radical (unpaired) electrons. The van der Waals surface area contributed by atoms with Crippen molar-refractivity contribution in [2.45, 2.75) is 44.8 Å². The molecule has 0 spiro atoms. The summed E-state index contributed by atoms with van der Waals surface area (Å²) in [7, 11) is 0. The fourth-order valence-electron chi connectivity index (χ4n) is 3.26. The van der Waals surface area contributed by atoms with Gasteiger partial charge in [-0.1, -0.05) is 19.9 Å². The van der Waals surface area contributed by atoms with E-state index in [1.54, 1.807) is 12.3 Å². The molecule has 4 nitrogen and oxygen atoms in total. The van der Waals surface area contributed by atoms with E-state index in [4.69, 9.17) is 0 Å². The Morgan fingerprint density at radius 1 is 1.03 bits per heavy atom. The zero-order chi connectivity index (χ0) is 24.5. The van der Waals surface area contributed by atoms with Gasteiger partial charge in [-0.15, -0.1) is 11.8 Å². The summed E-state index contributed by atoms with van der Waals surface area (Å²) in [6, 6.07) is 7.71. The van der Waals surface area contributed by atoms with E-state index >= 15 is 0 Å². The number of carbonyl (C=O) groups excluding carboxylic acids is 1. The molecule has 0 atom stereocenters. The van der Waals surface area contributed by atoms with Crippen LogP contribution in [-0.4, -0.2) is 22.1 Å². The van der Waals surface area contributed by atoms with Crippen LogP contribution in [0, 0.1) is 19.7 Å². The molecule has 0 saturated carbocycles. The maximum absolute atomic E-state index is 14.0. The van der Waals surface area contributed by atoms with E-state index in [1.807, 2.05) is 39.8 Å². The lowest BCUT2D eigenvalue weighted by Gasteiger charge is -2.17. The Hall–Kier alpha value is -2.94. The maximum atomic E-state index is 14.0. The largest absolute Gasteiger partial charge is 0.416 e. The van der Waals surface area contributed by atoms with Crippen molar-refractivity contribution in [1.29, 1.82) is 0 Å². The number of nitrogens with zero attached hydrogens (tertiary/aromatic N) is 2. The number of hydrogen-bond donors (Lipinski definition) is 1. The molecule has 0 bridgehead atoms. The summed E-state index contributed by atoms with van der Waals surface area (Å²) in [5.41, 5.74) is 2.07. The predicted molar refractivity (Wildman–Crippen MR) is 122 cm³/mol. The summed E-state index contributed by atoms with van der Waals surface area (Å²) in [6.45, 7) is 7.53. The van der Waals surface area contributed by atoms with Crippen LogP contribution >= 0.6 is 11.8 Å². The van der Waals surface area contributed by atoms with Crippen molar-refractivity contribution in [3.63, 3.8) is 0 Å². The molecule has 0 aliphatic rings. The average molecular weight is 478 g/mol. The topological polar surface area (TPSA) is 54.9 Å². The standard InChI is InChI=1S/C24H23F4N3OS/c1-12(2)20-19(22(32)29-18-7-6-13(3)14(4)8-18)23(33-5)31-21(30-20)15-9-16(24(26,27)28)11-17(25)10-15/h6-12H,1-5H3,(H,29,32). The van der Waals surface area contributed by atoms with Crippen LogP contribution in [0.25, 0.3) is 11.4 Å². The number of aryl methyl sites for hydroxylation is 2. The Bertz CT molecular complexity index is 1210. The smallest absolute Gasteiger partial charge is 0.322 e. The molecule has 9 heteroatoms. The fraction of sp³-hybridized carbons (Fsp3) is 0.292. The van der Waals surface area contributed by atoms with Gasteiger partial charge in [-0.2, -0.15) is 13.2 Å². The van der Waals surface area contributed by atoms with Crippen LogP contribution in [0.2, 0.25) is 0 Å². The molecule has 0 unspecified atom stereocenters. The van der Waals surface area contributed by atoms with Gasteiger partial charge < -0.3 is 5.32 Å². The third kappa shape index (κ3) is 5.52. The first-order valence-corrected chi connectivity index (χ1v) is 11.4. The van der Waals surface area contributed by atoms with Gasteiger partial charge in [0.1, 0.15) is 10.8 Å². The van der Waals surface area contributed by atoms with Crippen molar-refractivity contribution >= 4 is 23.4 Å². The van der Waals surface area contributed by atoms with Gasteiger partial charge in [0.05, 0.1) is 16.8 Å². The van der Waals surface area contributed by atoms with Crippen molar-refractivity contribution in [2.75, 3.05) is 11.6 Å². The lowest BCUT2D eigenvalue weighted by Crippen LogP contribution is -2.19. The van der Waals surface area contributed by atoms with Crippen LogP contribution < -0.4 is 5.32 Å². The SMILES string of the molecule is CSc1nc(-c2cc(F)cc(C(F)(F)F)c2)nc(C(C)C)c1C(=O)Nc1ccc(C)c(C)c1. The molecule has 2 aromatic carbocycles. The molecular formula is C24H23F4N3OS. The molecule has 1 amide bonds. The van der Waals surface area contributed by atoms with Gasteiger partial charge >= 0.3 is 6.18 Å². The van der Waals surface area contributed by atoms with E-state index in [9.17, 15) is 22.4 Å². The Kier molecular flexibility index (Phi) is 7.11. The normalized spacial score (nSPS) is 11.7. The van der Waals surface area contributed by atoms with Gasteiger partial charge in [0.25, 0.3) is 5.91 Å². The number of amides is 1. The molecule has 0 aliphatic heterocycles. The zero-order valence-corrected chi connectivity index (χ0v) is 19.6. The molecule has 3 aromatic rings. The fourth-order valence-corrected chi connectivity index (χ4v) is 3.84. The quantitative estimate of drug-likeness (QED) is 0.244. The van der Waals surface area contributed by atoms with Crippen molar-refractivity contribution < 1.29 is 22.4 Å². The van der Waals surface area contributed by atoms with E-state index < -0.39 is 23.5 Å². The summed E-state index contributed by atoms with van der Waals surface area (Å²) in [5.74, 6) is -1.78. The number of nitrogens with one attached hydrogen (secondary N) is 1. The molecule has 0 fully saturated rings. The first kappa shape index (κ1) is 24.7. The minimum Gasteiger partial charge on any atom is -0.322 e. The van der Waals surface area contributed by atoms with Crippen LogP contribution in [0.3, 0.4) is 0 Å². The summed E-state index contributed by atoms with van der Waals surface area (Å²) in [6.07, 6.45) is -3.01. The first-order valence-electron chi connectivity index (χ1n) is 10.1. The minimum absolute atomic E-state index is 0.0734. The van der Waals surface area contributed by atoms with Crippen LogP contribution in [0.15, 0.2) is 41.4 Å². The number of carbonyl (C=O) groups is 1. The molecule has 0 saturated heterocycles. The van der Waals surface area contributed by atoms with Gasteiger partial charge in [0.2, 0.25) is 0 Å². The van der Waals surface area contributed by atoms with Crippen LogP contribution in [0.5, 0.6) is 0 Å².